The van der Waals surface area contributed by atoms with Crippen molar-refractivity contribution in [1.82, 2.24) is 0 Å². The Balaban J connectivity index is 2.18. The third-order valence-electron chi connectivity index (χ3n) is 4.18. The minimum absolute atomic E-state index is 0.105. The largest absolute Gasteiger partial charge is 0.369 e. The molecular weight excluding hydrogens is 483 g/mol. The van der Waals surface area contributed by atoms with Crippen LogP contribution in [0, 0.1) is 15.2 Å². The highest BCUT2D eigenvalue weighted by Crippen LogP contribution is 2.42. The van der Waals surface area contributed by atoms with E-state index in [9.17, 15) is 8.78 Å². The number of benzene rings is 1. The Kier molecular flexibility index (Phi) is 4.51. The fourth-order valence-electron chi connectivity index (χ4n) is 3.19. The molecule has 0 radical (unpaired) electrons. The average molecular weight is 498 g/mol. The number of nitrogens with two attached hydrogens (primary N) is 2. The lowest BCUT2D eigenvalue weighted by molar-refractivity contribution is 0.305. The minimum Gasteiger partial charge on any atom is -0.369 e. The third-order valence-corrected chi connectivity index (χ3v) is 5.93. The zero-order chi connectivity index (χ0) is 16.8. The summed E-state index contributed by atoms with van der Waals surface area (Å²) in [5, 5.41) is 0. The number of nitrogens with zero attached hydrogens (tertiary/aromatic N) is 3. The number of anilines is 1. The van der Waals surface area contributed by atoms with Crippen molar-refractivity contribution in [3.63, 3.8) is 0 Å². The summed E-state index contributed by atoms with van der Waals surface area (Å²) in [5.41, 5.74) is 11.5. The molecule has 4 N–H and O–H groups in total. The van der Waals surface area contributed by atoms with Crippen LogP contribution in [0.5, 0.6) is 0 Å². The molecule has 1 aliphatic heterocycles. The Morgan fingerprint density at radius 2 is 1.87 bits per heavy atom. The summed E-state index contributed by atoms with van der Waals surface area (Å²) >= 11 is 4.76. The second-order valence-electron chi connectivity index (χ2n) is 5.64. The SMILES string of the molecule is NC1=NC2(CCCCC2)N(c2cc(F)c(Br)c(F)c2I)C(N)=N1. The van der Waals surface area contributed by atoms with Crippen LogP contribution >= 0.6 is 38.5 Å². The molecule has 1 aliphatic carbocycles. The minimum atomic E-state index is -0.721. The maximum absolute atomic E-state index is 14.3. The fraction of sp³-hybridized carbons (Fsp3) is 0.429. The van der Waals surface area contributed by atoms with Gasteiger partial charge in [0, 0.05) is 6.07 Å². The number of guanidine groups is 2. The first-order valence-corrected chi connectivity index (χ1v) is 9.05. The molecule has 0 atom stereocenters. The van der Waals surface area contributed by atoms with E-state index in [1.165, 1.54) is 6.07 Å². The van der Waals surface area contributed by atoms with E-state index >= 15 is 0 Å². The highest BCUT2D eigenvalue weighted by atomic mass is 127. The van der Waals surface area contributed by atoms with Crippen LogP contribution in [0.25, 0.3) is 0 Å². The van der Waals surface area contributed by atoms with Crippen molar-refractivity contribution in [2.75, 3.05) is 4.90 Å². The van der Waals surface area contributed by atoms with Crippen LogP contribution in [0.2, 0.25) is 0 Å². The molecule has 0 aromatic heterocycles. The maximum Gasteiger partial charge on any atom is 0.220 e. The Morgan fingerprint density at radius 3 is 2.52 bits per heavy atom. The van der Waals surface area contributed by atoms with Crippen LogP contribution in [0.4, 0.5) is 14.5 Å². The molecule has 1 aromatic carbocycles. The molecular formula is C14H15BrF2IN5. The lowest BCUT2D eigenvalue weighted by Gasteiger charge is -2.46. The molecule has 1 heterocycles. The molecule has 0 bridgehead atoms. The zero-order valence-corrected chi connectivity index (χ0v) is 15.9. The predicted molar refractivity (Wildman–Crippen MR) is 98.3 cm³/mol. The highest BCUT2D eigenvalue weighted by molar-refractivity contribution is 14.1. The van der Waals surface area contributed by atoms with Gasteiger partial charge in [-0.2, -0.15) is 4.99 Å². The number of rotatable bonds is 1. The first-order chi connectivity index (χ1) is 10.9. The van der Waals surface area contributed by atoms with Gasteiger partial charge in [0.25, 0.3) is 0 Å². The van der Waals surface area contributed by atoms with Gasteiger partial charge in [-0.15, -0.1) is 0 Å². The summed E-state index contributed by atoms with van der Waals surface area (Å²) in [6, 6.07) is 1.25. The summed E-state index contributed by atoms with van der Waals surface area (Å²) in [6.45, 7) is 0. The summed E-state index contributed by atoms with van der Waals surface area (Å²) in [4.78, 5) is 10.1. The standard InChI is InChI=1S/C14H15BrF2IN5/c15-9-7(16)6-8(11(18)10(9)17)23-13(20)21-12(19)22-14(23)4-2-1-3-5-14/h6H,1-5H2,(H4,19,20,21,22). The van der Waals surface area contributed by atoms with Crippen LogP contribution in [-0.2, 0) is 0 Å². The predicted octanol–water partition coefficient (Wildman–Crippen LogP) is 3.44. The molecule has 1 saturated carbocycles. The molecule has 5 nitrogen and oxygen atoms in total. The van der Waals surface area contributed by atoms with E-state index in [0.29, 0.717) is 18.5 Å². The number of halogens is 4. The van der Waals surface area contributed by atoms with Gasteiger partial charge in [0.2, 0.25) is 11.9 Å². The average Bonchev–Trinajstić information content (AvgIpc) is 2.50. The summed E-state index contributed by atoms with van der Waals surface area (Å²) < 4.78 is 28.4. The van der Waals surface area contributed by atoms with E-state index in [1.54, 1.807) is 4.90 Å². The van der Waals surface area contributed by atoms with E-state index in [1.807, 2.05) is 22.6 Å². The Hall–Kier alpha value is -0.970. The van der Waals surface area contributed by atoms with Crippen molar-refractivity contribution in [3.8, 4) is 0 Å². The van der Waals surface area contributed by atoms with Gasteiger partial charge in [0.1, 0.15) is 11.5 Å². The zero-order valence-electron chi connectivity index (χ0n) is 12.1. The molecule has 0 unspecified atom stereocenters. The number of hydrogen-bond donors (Lipinski definition) is 2. The van der Waals surface area contributed by atoms with E-state index in [4.69, 9.17) is 11.5 Å². The Morgan fingerprint density at radius 1 is 1.22 bits per heavy atom. The van der Waals surface area contributed by atoms with Gasteiger partial charge in [-0.05, 0) is 64.2 Å². The van der Waals surface area contributed by atoms with Crippen molar-refractivity contribution >= 4 is 56.1 Å². The van der Waals surface area contributed by atoms with Crippen molar-refractivity contribution in [3.05, 3.63) is 25.7 Å². The van der Waals surface area contributed by atoms with Gasteiger partial charge in [0.15, 0.2) is 5.82 Å². The van der Waals surface area contributed by atoms with Gasteiger partial charge in [-0.1, -0.05) is 6.42 Å². The van der Waals surface area contributed by atoms with Crippen LogP contribution < -0.4 is 16.4 Å². The maximum atomic E-state index is 14.3. The van der Waals surface area contributed by atoms with Crippen LogP contribution in [0.3, 0.4) is 0 Å². The molecule has 23 heavy (non-hydrogen) atoms. The number of hydrogen-bond acceptors (Lipinski definition) is 5. The van der Waals surface area contributed by atoms with Crippen molar-refractivity contribution < 1.29 is 8.78 Å². The molecule has 1 aromatic rings. The van der Waals surface area contributed by atoms with E-state index in [2.05, 4.69) is 25.9 Å². The molecule has 0 amide bonds. The van der Waals surface area contributed by atoms with Crippen LogP contribution in [0.15, 0.2) is 20.5 Å². The summed E-state index contributed by atoms with van der Waals surface area (Å²) in [5.74, 6) is -1.15. The lowest BCUT2D eigenvalue weighted by Crippen LogP contribution is -2.58. The summed E-state index contributed by atoms with van der Waals surface area (Å²) in [7, 11) is 0. The molecule has 124 valence electrons. The smallest absolute Gasteiger partial charge is 0.220 e. The highest BCUT2D eigenvalue weighted by Gasteiger charge is 2.43. The fourth-order valence-corrected chi connectivity index (χ4v) is 4.54. The van der Waals surface area contributed by atoms with Gasteiger partial charge in [-0.25, -0.2) is 13.8 Å². The topological polar surface area (TPSA) is 80.0 Å². The third kappa shape index (κ3) is 2.81. The first-order valence-electron chi connectivity index (χ1n) is 7.18. The van der Waals surface area contributed by atoms with Gasteiger partial charge < -0.3 is 11.5 Å². The first kappa shape index (κ1) is 16.9. The van der Waals surface area contributed by atoms with Crippen molar-refractivity contribution in [2.24, 2.45) is 21.5 Å². The van der Waals surface area contributed by atoms with Crippen LogP contribution in [0.1, 0.15) is 32.1 Å². The van der Waals surface area contributed by atoms with E-state index in [0.717, 1.165) is 19.3 Å². The van der Waals surface area contributed by atoms with Gasteiger partial charge in [0.05, 0.1) is 13.7 Å². The van der Waals surface area contributed by atoms with E-state index in [-0.39, 0.29) is 20.0 Å². The molecule has 3 rings (SSSR count). The van der Waals surface area contributed by atoms with Crippen LogP contribution in [-0.4, -0.2) is 17.6 Å². The second kappa shape index (κ2) is 6.15. The molecule has 9 heteroatoms. The van der Waals surface area contributed by atoms with E-state index < -0.39 is 17.3 Å². The monoisotopic (exact) mass is 497 g/mol. The second-order valence-corrected chi connectivity index (χ2v) is 7.51. The normalized spacial score (nSPS) is 20.4. The van der Waals surface area contributed by atoms with Gasteiger partial charge in [-0.3, -0.25) is 4.90 Å². The quantitative estimate of drug-likeness (QED) is 0.354. The molecule has 1 fully saturated rings. The summed E-state index contributed by atoms with van der Waals surface area (Å²) in [6.07, 6.45) is 4.39. The van der Waals surface area contributed by atoms with Crippen molar-refractivity contribution in [1.29, 1.82) is 0 Å². The molecule has 2 aliphatic rings. The lowest BCUT2D eigenvalue weighted by atomic mass is 9.87. The molecule has 1 spiro atoms. The Labute approximate surface area is 154 Å². The van der Waals surface area contributed by atoms with Crippen molar-refractivity contribution in [2.45, 2.75) is 37.8 Å². The Bertz CT molecular complexity index is 716. The van der Waals surface area contributed by atoms with Gasteiger partial charge >= 0.3 is 0 Å². The number of aliphatic imine (C=N–C) groups is 2. The molecule has 0 saturated heterocycles.